The molecular formula is C24H23N3O3. The molecule has 1 aromatic heterocycles. The Morgan fingerprint density at radius 1 is 1.10 bits per heavy atom. The van der Waals surface area contributed by atoms with Crippen molar-refractivity contribution in [1.82, 2.24) is 9.99 Å². The Morgan fingerprint density at radius 2 is 1.97 bits per heavy atom. The number of fused-ring (bicyclic) bond motifs is 3. The van der Waals surface area contributed by atoms with Gasteiger partial charge in [0.2, 0.25) is 6.23 Å². The van der Waals surface area contributed by atoms with Crippen molar-refractivity contribution < 1.29 is 14.2 Å². The van der Waals surface area contributed by atoms with E-state index in [0.717, 1.165) is 46.1 Å². The minimum atomic E-state index is -0.357. The van der Waals surface area contributed by atoms with Gasteiger partial charge in [0.25, 0.3) is 0 Å². The molecule has 0 saturated carbocycles. The molecule has 2 aromatic carbocycles. The summed E-state index contributed by atoms with van der Waals surface area (Å²) in [6.07, 6.45) is 4.06. The second-order valence-corrected chi connectivity index (χ2v) is 7.24. The number of hydrogen-bond acceptors (Lipinski definition) is 6. The molecule has 0 N–H and O–H groups in total. The number of aromatic nitrogens is 1. The molecule has 2 aliphatic heterocycles. The van der Waals surface area contributed by atoms with Gasteiger partial charge in [0.05, 0.1) is 25.5 Å². The smallest absolute Gasteiger partial charge is 0.214 e. The third-order valence-corrected chi connectivity index (χ3v) is 5.48. The molecule has 152 valence electrons. The minimum Gasteiger partial charge on any atom is -0.497 e. The van der Waals surface area contributed by atoms with Crippen LogP contribution in [-0.4, -0.2) is 29.4 Å². The van der Waals surface area contributed by atoms with Crippen LogP contribution >= 0.6 is 0 Å². The number of rotatable bonds is 5. The molecule has 30 heavy (non-hydrogen) atoms. The minimum absolute atomic E-state index is 0.0662. The summed E-state index contributed by atoms with van der Waals surface area (Å²) in [5, 5.41) is 7.03. The maximum absolute atomic E-state index is 6.51. The number of ether oxygens (including phenoxy) is 3. The Hall–Kier alpha value is -3.54. The largest absolute Gasteiger partial charge is 0.497 e. The molecule has 0 aliphatic carbocycles. The maximum Gasteiger partial charge on any atom is 0.214 e. The van der Waals surface area contributed by atoms with E-state index >= 15 is 0 Å². The van der Waals surface area contributed by atoms with E-state index < -0.39 is 0 Å². The van der Waals surface area contributed by atoms with E-state index in [1.165, 1.54) is 0 Å². The summed E-state index contributed by atoms with van der Waals surface area (Å²) in [4.78, 5) is 4.26. The highest BCUT2D eigenvalue weighted by molar-refractivity contribution is 6.01. The van der Waals surface area contributed by atoms with E-state index in [9.17, 15) is 0 Å². The Balaban J connectivity index is 1.60. The van der Waals surface area contributed by atoms with Crippen LogP contribution in [0.15, 0.2) is 72.1 Å². The van der Waals surface area contributed by atoms with Crippen molar-refractivity contribution in [3.05, 3.63) is 83.7 Å². The fourth-order valence-electron chi connectivity index (χ4n) is 4.05. The van der Waals surface area contributed by atoms with Crippen LogP contribution in [0.25, 0.3) is 0 Å². The molecule has 2 unspecified atom stereocenters. The van der Waals surface area contributed by atoms with E-state index in [1.54, 1.807) is 13.3 Å². The van der Waals surface area contributed by atoms with Gasteiger partial charge in [0.15, 0.2) is 11.5 Å². The number of pyridine rings is 1. The van der Waals surface area contributed by atoms with E-state index in [4.69, 9.17) is 19.3 Å². The predicted octanol–water partition coefficient (Wildman–Crippen LogP) is 4.73. The van der Waals surface area contributed by atoms with E-state index in [0.29, 0.717) is 6.61 Å². The van der Waals surface area contributed by atoms with Gasteiger partial charge in [-0.3, -0.25) is 4.98 Å². The van der Waals surface area contributed by atoms with Crippen molar-refractivity contribution in [2.75, 3.05) is 13.7 Å². The summed E-state index contributed by atoms with van der Waals surface area (Å²) >= 11 is 0. The van der Waals surface area contributed by atoms with Gasteiger partial charge < -0.3 is 14.2 Å². The number of nitrogens with zero attached hydrogens (tertiary/aromatic N) is 3. The SMILES string of the molecule is CCOc1cccc2c1OC(c1ccc(OC)cc1)N1N=C(c3cccnc3)CC21. The van der Waals surface area contributed by atoms with Crippen LogP contribution in [-0.2, 0) is 0 Å². The number of benzene rings is 2. The summed E-state index contributed by atoms with van der Waals surface area (Å²) < 4.78 is 17.7. The van der Waals surface area contributed by atoms with E-state index in [1.807, 2.05) is 61.7 Å². The summed E-state index contributed by atoms with van der Waals surface area (Å²) in [6.45, 7) is 2.56. The van der Waals surface area contributed by atoms with Gasteiger partial charge in [-0.05, 0) is 43.3 Å². The van der Waals surface area contributed by atoms with Gasteiger partial charge in [-0.15, -0.1) is 0 Å². The van der Waals surface area contributed by atoms with Crippen molar-refractivity contribution in [3.8, 4) is 17.2 Å². The molecule has 0 bridgehead atoms. The normalized spacial score (nSPS) is 19.4. The average molecular weight is 401 g/mol. The van der Waals surface area contributed by atoms with Crippen LogP contribution < -0.4 is 14.2 Å². The van der Waals surface area contributed by atoms with Crippen molar-refractivity contribution in [2.45, 2.75) is 25.6 Å². The van der Waals surface area contributed by atoms with Gasteiger partial charge in [0.1, 0.15) is 5.75 Å². The second kappa shape index (κ2) is 7.71. The first-order valence-electron chi connectivity index (χ1n) is 10.1. The first kappa shape index (κ1) is 18.5. The second-order valence-electron chi connectivity index (χ2n) is 7.24. The Bertz CT molecular complexity index is 1070. The quantitative estimate of drug-likeness (QED) is 0.619. The van der Waals surface area contributed by atoms with Crippen LogP contribution in [0.3, 0.4) is 0 Å². The van der Waals surface area contributed by atoms with Crippen molar-refractivity contribution in [1.29, 1.82) is 0 Å². The molecule has 0 amide bonds. The van der Waals surface area contributed by atoms with E-state index in [2.05, 4.69) is 16.1 Å². The molecule has 2 atom stereocenters. The van der Waals surface area contributed by atoms with Gasteiger partial charge in [-0.2, -0.15) is 5.10 Å². The number of hydrogen-bond donors (Lipinski definition) is 0. The van der Waals surface area contributed by atoms with Crippen LogP contribution in [0, 0.1) is 0 Å². The lowest BCUT2D eigenvalue weighted by atomic mass is 9.96. The molecule has 6 nitrogen and oxygen atoms in total. The zero-order valence-corrected chi connectivity index (χ0v) is 17.0. The molecule has 5 rings (SSSR count). The van der Waals surface area contributed by atoms with E-state index in [-0.39, 0.29) is 12.3 Å². The Labute approximate surface area is 175 Å². The molecule has 2 aliphatic rings. The van der Waals surface area contributed by atoms with Crippen molar-refractivity contribution >= 4 is 5.71 Å². The third kappa shape index (κ3) is 3.14. The monoisotopic (exact) mass is 401 g/mol. The standard InChI is InChI=1S/C24H23N3O3/c1-3-29-22-8-4-7-19-21-14-20(17-6-5-13-25-15-17)26-27(21)24(30-23(19)22)16-9-11-18(28-2)12-10-16/h4-13,15,21,24H,3,14H2,1-2H3. The van der Waals surface area contributed by atoms with Crippen LogP contribution in [0.4, 0.5) is 0 Å². The predicted molar refractivity (Wildman–Crippen MR) is 114 cm³/mol. The van der Waals surface area contributed by atoms with Crippen LogP contribution in [0.1, 0.15) is 42.3 Å². The topological polar surface area (TPSA) is 56.2 Å². The number of methoxy groups -OCH3 is 1. The fourth-order valence-corrected chi connectivity index (χ4v) is 4.05. The highest BCUT2D eigenvalue weighted by Gasteiger charge is 2.42. The molecule has 3 aromatic rings. The first-order chi connectivity index (χ1) is 14.8. The molecule has 3 heterocycles. The van der Waals surface area contributed by atoms with Crippen LogP contribution in [0.5, 0.6) is 17.2 Å². The van der Waals surface area contributed by atoms with Crippen molar-refractivity contribution in [2.24, 2.45) is 5.10 Å². The van der Waals surface area contributed by atoms with Gasteiger partial charge in [-0.25, -0.2) is 5.01 Å². The maximum atomic E-state index is 6.51. The molecule has 6 heteroatoms. The first-order valence-corrected chi connectivity index (χ1v) is 10.1. The highest BCUT2D eigenvalue weighted by Crippen LogP contribution is 2.50. The molecular weight excluding hydrogens is 378 g/mol. The zero-order valence-electron chi connectivity index (χ0n) is 17.0. The van der Waals surface area contributed by atoms with Crippen LogP contribution in [0.2, 0.25) is 0 Å². The van der Waals surface area contributed by atoms with Gasteiger partial charge >= 0.3 is 0 Å². The van der Waals surface area contributed by atoms with Crippen molar-refractivity contribution in [3.63, 3.8) is 0 Å². The zero-order chi connectivity index (χ0) is 20.5. The summed E-state index contributed by atoms with van der Waals surface area (Å²) in [5.74, 6) is 2.37. The Morgan fingerprint density at radius 3 is 2.70 bits per heavy atom. The molecule has 0 radical (unpaired) electrons. The van der Waals surface area contributed by atoms with Gasteiger partial charge in [0, 0.05) is 35.5 Å². The molecule has 0 fully saturated rings. The molecule has 0 spiro atoms. The Kier molecular flexibility index (Phi) is 4.75. The lowest BCUT2D eigenvalue weighted by molar-refractivity contribution is -0.0212. The number of para-hydroxylation sites is 1. The molecule has 0 saturated heterocycles. The highest BCUT2D eigenvalue weighted by atomic mass is 16.5. The number of hydrazone groups is 1. The van der Waals surface area contributed by atoms with Gasteiger partial charge in [-0.1, -0.05) is 18.2 Å². The lowest BCUT2D eigenvalue weighted by Gasteiger charge is -2.38. The summed E-state index contributed by atoms with van der Waals surface area (Å²) in [6, 6.07) is 18.1. The fraction of sp³-hybridized carbons (Fsp3) is 0.250. The summed E-state index contributed by atoms with van der Waals surface area (Å²) in [5.41, 5.74) is 4.13. The summed E-state index contributed by atoms with van der Waals surface area (Å²) in [7, 11) is 1.66. The third-order valence-electron chi connectivity index (χ3n) is 5.48. The lowest BCUT2D eigenvalue weighted by Crippen LogP contribution is -2.33. The average Bonchev–Trinajstić information content (AvgIpc) is 3.26.